The number of fused-ring (bicyclic) bond motifs is 1. The fourth-order valence-corrected chi connectivity index (χ4v) is 3.05. The number of halogens is 1. The van der Waals surface area contributed by atoms with Gasteiger partial charge in [-0.1, -0.05) is 0 Å². The Hall–Kier alpha value is -1.13. The quantitative estimate of drug-likeness (QED) is 0.811. The van der Waals surface area contributed by atoms with Gasteiger partial charge >= 0.3 is 0 Å². The summed E-state index contributed by atoms with van der Waals surface area (Å²) in [4.78, 5) is 8.83. The normalized spacial score (nSPS) is 23.9. The predicted molar refractivity (Wildman–Crippen MR) is 75.6 cm³/mol. The molecule has 0 bridgehead atoms. The Balaban J connectivity index is 2.06. The van der Waals surface area contributed by atoms with Crippen LogP contribution in [0.25, 0.3) is 11.0 Å². The minimum Gasteiger partial charge on any atom is -0.378 e. The van der Waals surface area contributed by atoms with Crippen LogP contribution in [-0.4, -0.2) is 33.1 Å². The lowest BCUT2D eigenvalue weighted by Gasteiger charge is -2.29. The van der Waals surface area contributed by atoms with Crippen LogP contribution in [0.3, 0.4) is 0 Å². The zero-order chi connectivity index (χ0) is 13.2. The molecule has 1 aliphatic heterocycles. The number of ether oxygens (including phenoxy) is 1. The Morgan fingerprint density at radius 3 is 3.21 bits per heavy atom. The second kappa shape index (κ2) is 5.47. The van der Waals surface area contributed by atoms with E-state index in [1.54, 1.807) is 0 Å². The summed E-state index contributed by atoms with van der Waals surface area (Å²) in [7, 11) is 0. The Morgan fingerprint density at radius 2 is 2.42 bits per heavy atom. The number of alkyl halides is 1. The molecule has 3 rings (SSSR count). The molecule has 2 atom stereocenters. The molecule has 0 aliphatic carbocycles. The summed E-state index contributed by atoms with van der Waals surface area (Å²) < 4.78 is 7.99. The van der Waals surface area contributed by atoms with Crippen LogP contribution in [-0.2, 0) is 11.2 Å². The molecule has 5 heteroatoms. The van der Waals surface area contributed by atoms with E-state index in [1.807, 2.05) is 18.5 Å². The topological polar surface area (TPSA) is 39.9 Å². The van der Waals surface area contributed by atoms with Gasteiger partial charge in [0.2, 0.25) is 0 Å². The van der Waals surface area contributed by atoms with Crippen LogP contribution in [0.2, 0.25) is 0 Å². The Kier molecular flexibility index (Phi) is 3.71. The van der Waals surface area contributed by atoms with Gasteiger partial charge in [0.1, 0.15) is 11.3 Å². The minimum absolute atomic E-state index is 0.307. The van der Waals surface area contributed by atoms with E-state index in [4.69, 9.17) is 16.3 Å². The SMILES string of the molecule is CC1CC(n2c(CCCl)nc3cnccc32)CCO1. The van der Waals surface area contributed by atoms with Gasteiger partial charge in [0.05, 0.1) is 17.8 Å². The van der Waals surface area contributed by atoms with Gasteiger partial charge in [-0.05, 0) is 25.8 Å². The number of nitrogens with zero attached hydrogens (tertiary/aromatic N) is 3. The summed E-state index contributed by atoms with van der Waals surface area (Å²) in [6.07, 6.45) is 6.82. The third-order valence-electron chi connectivity index (χ3n) is 3.71. The highest BCUT2D eigenvalue weighted by Crippen LogP contribution is 2.30. The van der Waals surface area contributed by atoms with E-state index in [2.05, 4.69) is 21.5 Å². The molecule has 19 heavy (non-hydrogen) atoms. The van der Waals surface area contributed by atoms with E-state index in [0.29, 0.717) is 18.0 Å². The standard InChI is InChI=1S/C14H18ClN3O/c1-10-8-11(4-7-19-10)18-13-3-6-16-9-12(13)17-14(18)2-5-15/h3,6,9-11H,2,4-5,7-8H2,1H3. The lowest BCUT2D eigenvalue weighted by Crippen LogP contribution is -2.26. The fraction of sp³-hybridized carbons (Fsp3) is 0.571. The van der Waals surface area contributed by atoms with Gasteiger partial charge in [-0.25, -0.2) is 4.98 Å². The maximum atomic E-state index is 5.91. The number of pyridine rings is 1. The molecule has 0 N–H and O–H groups in total. The maximum Gasteiger partial charge on any atom is 0.111 e. The van der Waals surface area contributed by atoms with Crippen LogP contribution in [0.1, 0.15) is 31.6 Å². The zero-order valence-corrected chi connectivity index (χ0v) is 11.8. The van der Waals surface area contributed by atoms with Gasteiger partial charge in [-0.15, -0.1) is 11.6 Å². The van der Waals surface area contributed by atoms with Gasteiger partial charge < -0.3 is 9.30 Å². The summed E-state index contributed by atoms with van der Waals surface area (Å²) in [6.45, 7) is 2.95. The van der Waals surface area contributed by atoms with Crippen molar-refractivity contribution < 1.29 is 4.74 Å². The molecule has 0 radical (unpaired) electrons. The average molecular weight is 280 g/mol. The first-order chi connectivity index (χ1) is 9.29. The molecule has 1 fully saturated rings. The number of imidazole rings is 1. The molecule has 3 heterocycles. The number of hydrogen-bond donors (Lipinski definition) is 0. The molecule has 2 aromatic heterocycles. The third-order valence-corrected chi connectivity index (χ3v) is 3.89. The van der Waals surface area contributed by atoms with E-state index in [0.717, 1.165) is 42.7 Å². The summed E-state index contributed by atoms with van der Waals surface area (Å²) >= 11 is 5.91. The van der Waals surface area contributed by atoms with Crippen LogP contribution in [0.5, 0.6) is 0 Å². The Morgan fingerprint density at radius 1 is 1.53 bits per heavy atom. The molecule has 1 aliphatic rings. The van der Waals surface area contributed by atoms with Gasteiger partial charge in [0.25, 0.3) is 0 Å². The zero-order valence-electron chi connectivity index (χ0n) is 11.1. The van der Waals surface area contributed by atoms with Gasteiger partial charge in [-0.3, -0.25) is 4.98 Å². The molecule has 0 amide bonds. The minimum atomic E-state index is 0.307. The first-order valence-corrected chi connectivity index (χ1v) is 7.31. The lowest BCUT2D eigenvalue weighted by atomic mass is 10.0. The Bertz CT molecular complexity index is 569. The van der Waals surface area contributed by atoms with E-state index in [-0.39, 0.29) is 0 Å². The molecular formula is C14H18ClN3O. The first-order valence-electron chi connectivity index (χ1n) is 6.78. The second-order valence-corrected chi connectivity index (χ2v) is 5.44. The lowest BCUT2D eigenvalue weighted by molar-refractivity contribution is 0.00625. The van der Waals surface area contributed by atoms with Crippen LogP contribution in [0.4, 0.5) is 0 Å². The van der Waals surface area contributed by atoms with Crippen molar-refractivity contribution >= 4 is 22.6 Å². The van der Waals surface area contributed by atoms with Crippen molar-refractivity contribution in [3.8, 4) is 0 Å². The maximum absolute atomic E-state index is 5.91. The summed E-state index contributed by atoms with van der Waals surface area (Å²) in [5, 5.41) is 0. The molecule has 0 spiro atoms. The molecule has 2 unspecified atom stereocenters. The van der Waals surface area contributed by atoms with Gasteiger partial charge in [-0.2, -0.15) is 0 Å². The number of aryl methyl sites for hydroxylation is 1. The van der Waals surface area contributed by atoms with Crippen molar-refractivity contribution in [1.29, 1.82) is 0 Å². The van der Waals surface area contributed by atoms with Crippen LogP contribution in [0, 0.1) is 0 Å². The highest BCUT2D eigenvalue weighted by atomic mass is 35.5. The van der Waals surface area contributed by atoms with E-state index >= 15 is 0 Å². The predicted octanol–water partition coefficient (Wildman–Crippen LogP) is 2.95. The molecule has 4 nitrogen and oxygen atoms in total. The van der Waals surface area contributed by atoms with E-state index in [9.17, 15) is 0 Å². The number of hydrogen-bond acceptors (Lipinski definition) is 3. The summed E-state index contributed by atoms with van der Waals surface area (Å²) in [5.41, 5.74) is 2.12. The van der Waals surface area contributed by atoms with Gasteiger partial charge in [0, 0.05) is 31.1 Å². The number of rotatable bonds is 3. The van der Waals surface area contributed by atoms with Crippen LogP contribution >= 0.6 is 11.6 Å². The monoisotopic (exact) mass is 279 g/mol. The molecular weight excluding hydrogens is 262 g/mol. The number of aromatic nitrogens is 3. The summed E-state index contributed by atoms with van der Waals surface area (Å²) in [6, 6.07) is 2.49. The second-order valence-electron chi connectivity index (χ2n) is 5.06. The van der Waals surface area contributed by atoms with E-state index in [1.165, 1.54) is 0 Å². The fourth-order valence-electron chi connectivity index (χ4n) is 2.88. The molecule has 0 saturated carbocycles. The van der Waals surface area contributed by atoms with Crippen molar-refractivity contribution in [3.63, 3.8) is 0 Å². The Labute approximate surface area is 117 Å². The van der Waals surface area contributed by atoms with Crippen molar-refractivity contribution in [2.45, 2.75) is 38.3 Å². The largest absolute Gasteiger partial charge is 0.378 e. The smallest absolute Gasteiger partial charge is 0.111 e. The van der Waals surface area contributed by atoms with Gasteiger partial charge in [0.15, 0.2) is 0 Å². The van der Waals surface area contributed by atoms with Crippen LogP contribution in [0.15, 0.2) is 18.5 Å². The molecule has 0 aromatic carbocycles. The third kappa shape index (κ3) is 2.47. The average Bonchev–Trinajstić information content (AvgIpc) is 2.77. The van der Waals surface area contributed by atoms with Crippen molar-refractivity contribution in [2.75, 3.05) is 12.5 Å². The molecule has 102 valence electrons. The van der Waals surface area contributed by atoms with E-state index < -0.39 is 0 Å². The van der Waals surface area contributed by atoms with Crippen molar-refractivity contribution in [2.24, 2.45) is 0 Å². The molecule has 2 aromatic rings. The highest BCUT2D eigenvalue weighted by Gasteiger charge is 2.24. The first kappa shape index (κ1) is 12.9. The summed E-state index contributed by atoms with van der Waals surface area (Å²) in [5.74, 6) is 1.66. The van der Waals surface area contributed by atoms with Crippen molar-refractivity contribution in [1.82, 2.24) is 14.5 Å². The van der Waals surface area contributed by atoms with Crippen LogP contribution < -0.4 is 0 Å². The highest BCUT2D eigenvalue weighted by molar-refractivity contribution is 6.17. The molecule has 1 saturated heterocycles. The van der Waals surface area contributed by atoms with Crippen molar-refractivity contribution in [3.05, 3.63) is 24.3 Å².